The molecule has 0 aliphatic heterocycles. The predicted molar refractivity (Wildman–Crippen MR) is 74.5 cm³/mol. The summed E-state index contributed by atoms with van der Waals surface area (Å²) in [6, 6.07) is 8.41. The van der Waals surface area contributed by atoms with E-state index in [4.69, 9.17) is 0 Å². The molecule has 0 aliphatic rings. The van der Waals surface area contributed by atoms with E-state index in [-0.39, 0.29) is 18.1 Å². The summed E-state index contributed by atoms with van der Waals surface area (Å²) in [5.74, 6) is -0.477. The molecule has 1 aromatic carbocycles. The number of rotatable bonds is 5. The van der Waals surface area contributed by atoms with Crippen LogP contribution >= 0.6 is 0 Å². The van der Waals surface area contributed by atoms with Crippen LogP contribution in [-0.2, 0) is 4.79 Å². The van der Waals surface area contributed by atoms with Gasteiger partial charge in [-0.15, -0.1) is 0 Å². The van der Waals surface area contributed by atoms with Crippen molar-refractivity contribution in [2.45, 2.75) is 39.3 Å². The van der Waals surface area contributed by atoms with E-state index >= 15 is 0 Å². The predicted octanol–water partition coefficient (Wildman–Crippen LogP) is 1.63. The molecule has 0 saturated heterocycles. The Hall–Kier alpha value is -1.39. The van der Waals surface area contributed by atoms with Gasteiger partial charge in [-0.05, 0) is 17.4 Å². The van der Waals surface area contributed by atoms with Crippen LogP contribution in [0.15, 0.2) is 30.3 Å². The minimum absolute atomic E-state index is 0.00161. The van der Waals surface area contributed by atoms with Gasteiger partial charge in [-0.2, -0.15) is 0 Å². The Morgan fingerprint density at radius 3 is 2.32 bits per heavy atom. The van der Waals surface area contributed by atoms with Crippen molar-refractivity contribution >= 4 is 5.91 Å². The molecule has 0 unspecified atom stereocenters. The number of hydrogen-bond donors (Lipinski definition) is 3. The van der Waals surface area contributed by atoms with Crippen LogP contribution in [0.5, 0.6) is 0 Å². The average molecular weight is 265 g/mol. The van der Waals surface area contributed by atoms with Crippen molar-refractivity contribution < 1.29 is 15.0 Å². The van der Waals surface area contributed by atoms with Gasteiger partial charge in [0, 0.05) is 0 Å². The molecule has 0 saturated carbocycles. The zero-order chi connectivity index (χ0) is 14.5. The number of hydrogen-bond acceptors (Lipinski definition) is 3. The Labute approximate surface area is 114 Å². The fraction of sp³-hybridized carbons (Fsp3) is 0.533. The summed E-state index contributed by atoms with van der Waals surface area (Å²) >= 11 is 0. The van der Waals surface area contributed by atoms with Gasteiger partial charge in [-0.1, -0.05) is 51.1 Å². The lowest BCUT2D eigenvalue weighted by molar-refractivity contribution is -0.130. The molecule has 1 aromatic rings. The number of nitrogens with one attached hydrogen (secondary N) is 1. The summed E-state index contributed by atoms with van der Waals surface area (Å²) in [4.78, 5) is 11.9. The maximum Gasteiger partial charge on any atom is 0.253 e. The van der Waals surface area contributed by atoms with Crippen molar-refractivity contribution in [1.29, 1.82) is 0 Å². The molecule has 0 bridgehead atoms. The van der Waals surface area contributed by atoms with Crippen LogP contribution in [0.2, 0.25) is 0 Å². The van der Waals surface area contributed by atoms with E-state index in [9.17, 15) is 15.0 Å². The van der Waals surface area contributed by atoms with Gasteiger partial charge in [0.1, 0.15) is 0 Å². The van der Waals surface area contributed by atoms with Crippen molar-refractivity contribution in [2.75, 3.05) is 6.61 Å². The number of carbonyl (C=O) groups is 1. The molecule has 0 aromatic heterocycles. The first-order chi connectivity index (χ1) is 8.83. The molecule has 3 N–H and O–H groups in total. The summed E-state index contributed by atoms with van der Waals surface area (Å²) in [5.41, 5.74) is 0.547. The molecule has 0 radical (unpaired) electrons. The third kappa shape index (κ3) is 5.41. The summed E-state index contributed by atoms with van der Waals surface area (Å²) in [7, 11) is 0. The van der Waals surface area contributed by atoms with Gasteiger partial charge in [0.2, 0.25) is 0 Å². The van der Waals surface area contributed by atoms with E-state index in [1.54, 1.807) is 24.3 Å². The van der Waals surface area contributed by atoms with Crippen molar-refractivity contribution in [1.82, 2.24) is 5.32 Å². The fourth-order valence-corrected chi connectivity index (χ4v) is 1.97. The smallest absolute Gasteiger partial charge is 0.253 e. The minimum Gasteiger partial charge on any atom is -0.394 e. The van der Waals surface area contributed by atoms with Crippen molar-refractivity contribution in [3.05, 3.63) is 35.9 Å². The topological polar surface area (TPSA) is 69.6 Å². The highest BCUT2D eigenvalue weighted by Gasteiger charge is 2.23. The second kappa shape index (κ2) is 6.68. The van der Waals surface area contributed by atoms with Crippen LogP contribution < -0.4 is 5.32 Å². The third-order valence-electron chi connectivity index (χ3n) is 2.79. The molecule has 19 heavy (non-hydrogen) atoms. The Balaban J connectivity index is 2.63. The van der Waals surface area contributed by atoms with Crippen LogP contribution in [0.3, 0.4) is 0 Å². The minimum atomic E-state index is -1.20. The summed E-state index contributed by atoms with van der Waals surface area (Å²) in [6.45, 7) is 5.98. The molecule has 0 fully saturated rings. The number of carbonyl (C=O) groups excluding carboxylic acids is 1. The summed E-state index contributed by atoms with van der Waals surface area (Å²) < 4.78 is 0. The van der Waals surface area contributed by atoms with Crippen LogP contribution in [0.4, 0.5) is 0 Å². The van der Waals surface area contributed by atoms with Crippen LogP contribution in [0, 0.1) is 5.41 Å². The van der Waals surface area contributed by atoms with E-state index in [0.717, 1.165) is 0 Å². The van der Waals surface area contributed by atoms with Gasteiger partial charge in [0.15, 0.2) is 6.10 Å². The van der Waals surface area contributed by atoms with Gasteiger partial charge < -0.3 is 15.5 Å². The highest BCUT2D eigenvalue weighted by Crippen LogP contribution is 2.21. The van der Waals surface area contributed by atoms with Crippen LogP contribution in [0.1, 0.15) is 38.9 Å². The first-order valence-corrected chi connectivity index (χ1v) is 6.48. The van der Waals surface area contributed by atoms with E-state index < -0.39 is 12.0 Å². The largest absolute Gasteiger partial charge is 0.394 e. The zero-order valence-corrected chi connectivity index (χ0v) is 11.8. The second-order valence-corrected chi connectivity index (χ2v) is 5.97. The van der Waals surface area contributed by atoms with Gasteiger partial charge in [-0.25, -0.2) is 0 Å². The number of aliphatic hydroxyl groups is 2. The Bertz CT molecular complexity index is 398. The number of amides is 1. The van der Waals surface area contributed by atoms with Crippen LogP contribution in [0.25, 0.3) is 0 Å². The Kier molecular flexibility index (Phi) is 5.51. The molecule has 0 aliphatic carbocycles. The lowest BCUT2D eigenvalue weighted by atomic mass is 9.88. The quantitative estimate of drug-likeness (QED) is 0.758. The molecule has 4 nitrogen and oxygen atoms in total. The summed E-state index contributed by atoms with van der Waals surface area (Å²) in [5, 5.41) is 21.9. The lowest BCUT2D eigenvalue weighted by Gasteiger charge is -2.26. The van der Waals surface area contributed by atoms with Crippen molar-refractivity contribution in [3.63, 3.8) is 0 Å². The molecule has 0 heterocycles. The van der Waals surface area contributed by atoms with Crippen molar-refractivity contribution in [2.24, 2.45) is 5.41 Å². The Morgan fingerprint density at radius 2 is 1.84 bits per heavy atom. The first-order valence-electron chi connectivity index (χ1n) is 6.48. The second-order valence-electron chi connectivity index (χ2n) is 5.97. The maximum atomic E-state index is 11.9. The van der Waals surface area contributed by atoms with Crippen LogP contribution in [-0.4, -0.2) is 28.8 Å². The molecule has 4 heteroatoms. The van der Waals surface area contributed by atoms with Gasteiger partial charge in [-0.3, -0.25) is 4.79 Å². The lowest BCUT2D eigenvalue weighted by Crippen LogP contribution is -2.42. The molecular weight excluding hydrogens is 242 g/mol. The number of aliphatic hydroxyl groups excluding tert-OH is 2. The highest BCUT2D eigenvalue weighted by molar-refractivity contribution is 5.82. The van der Waals surface area contributed by atoms with Gasteiger partial charge >= 0.3 is 0 Å². The first kappa shape index (κ1) is 15.7. The Morgan fingerprint density at radius 1 is 1.26 bits per heavy atom. The molecule has 1 amide bonds. The van der Waals surface area contributed by atoms with Gasteiger partial charge in [0.05, 0.1) is 12.6 Å². The van der Waals surface area contributed by atoms with E-state index in [2.05, 4.69) is 5.32 Å². The standard InChI is InChI=1S/C15H23NO3/c1-15(2,3)9-12(10-17)16-14(19)13(18)11-7-5-4-6-8-11/h4-8,12-13,17-18H,9-10H2,1-3H3,(H,16,19)/t12-,13+/m1/s1. The molecule has 106 valence electrons. The summed E-state index contributed by atoms with van der Waals surface area (Å²) in [6.07, 6.45) is -0.549. The zero-order valence-electron chi connectivity index (χ0n) is 11.8. The maximum absolute atomic E-state index is 11.9. The SMILES string of the molecule is CC(C)(C)C[C@H](CO)NC(=O)[C@@H](O)c1ccccc1. The molecule has 1 rings (SSSR count). The molecule has 2 atom stereocenters. The average Bonchev–Trinajstić information content (AvgIpc) is 2.36. The number of benzene rings is 1. The monoisotopic (exact) mass is 265 g/mol. The van der Waals surface area contributed by atoms with Gasteiger partial charge in [0.25, 0.3) is 5.91 Å². The van der Waals surface area contributed by atoms with Crippen molar-refractivity contribution in [3.8, 4) is 0 Å². The third-order valence-corrected chi connectivity index (χ3v) is 2.79. The molecular formula is C15H23NO3. The van der Waals surface area contributed by atoms with E-state index in [0.29, 0.717) is 12.0 Å². The fourth-order valence-electron chi connectivity index (χ4n) is 1.97. The highest BCUT2D eigenvalue weighted by atomic mass is 16.3. The molecule has 0 spiro atoms. The van der Waals surface area contributed by atoms with E-state index in [1.165, 1.54) is 0 Å². The normalized spacial score (nSPS) is 14.8. The van der Waals surface area contributed by atoms with E-state index in [1.807, 2.05) is 26.8 Å².